The van der Waals surface area contributed by atoms with Crippen LogP contribution < -0.4 is 0 Å². The highest BCUT2D eigenvalue weighted by molar-refractivity contribution is 5.81. The molecule has 0 radical (unpaired) electrons. The second kappa shape index (κ2) is 4.33. The van der Waals surface area contributed by atoms with Crippen LogP contribution in [0.5, 0.6) is 0 Å². The molecular formula is C11H9NO2. The number of nitriles is 1. The van der Waals surface area contributed by atoms with E-state index < -0.39 is 0 Å². The number of carbonyl (C=O) groups excluding carboxylic acids is 2. The van der Waals surface area contributed by atoms with Crippen LogP contribution in [-0.2, 0) is 4.79 Å². The SMILES string of the molecule is CC(C=O)c1ccc(C#N)cc1C=O. The number of nitrogens with zero attached hydrogens (tertiary/aromatic N) is 1. The lowest BCUT2D eigenvalue weighted by Crippen LogP contribution is -2.00. The van der Waals surface area contributed by atoms with Gasteiger partial charge in [-0.15, -0.1) is 0 Å². The van der Waals surface area contributed by atoms with Crippen LogP contribution in [0, 0.1) is 11.3 Å². The minimum Gasteiger partial charge on any atom is -0.303 e. The predicted molar refractivity (Wildman–Crippen MR) is 51.0 cm³/mol. The van der Waals surface area contributed by atoms with Gasteiger partial charge in [-0.1, -0.05) is 13.0 Å². The first kappa shape index (κ1) is 10.1. The highest BCUT2D eigenvalue weighted by Crippen LogP contribution is 2.18. The fourth-order valence-electron chi connectivity index (χ4n) is 1.23. The van der Waals surface area contributed by atoms with Crippen LogP contribution >= 0.6 is 0 Å². The minimum absolute atomic E-state index is 0.317. The smallest absolute Gasteiger partial charge is 0.150 e. The first-order chi connectivity index (χ1) is 6.72. The van der Waals surface area contributed by atoms with E-state index >= 15 is 0 Å². The van der Waals surface area contributed by atoms with E-state index in [-0.39, 0.29) is 5.92 Å². The van der Waals surface area contributed by atoms with Gasteiger partial charge in [0.25, 0.3) is 0 Å². The van der Waals surface area contributed by atoms with Gasteiger partial charge in [-0.3, -0.25) is 4.79 Å². The predicted octanol–water partition coefficient (Wildman–Crippen LogP) is 1.67. The van der Waals surface area contributed by atoms with E-state index in [2.05, 4.69) is 0 Å². The molecule has 0 bridgehead atoms. The third-order valence-electron chi connectivity index (χ3n) is 2.04. The topological polar surface area (TPSA) is 57.9 Å². The van der Waals surface area contributed by atoms with E-state index in [1.807, 2.05) is 6.07 Å². The molecule has 0 aromatic heterocycles. The summed E-state index contributed by atoms with van der Waals surface area (Å²) in [5, 5.41) is 8.61. The molecule has 3 heteroatoms. The number of hydrogen-bond donors (Lipinski definition) is 0. The van der Waals surface area contributed by atoms with Crippen molar-refractivity contribution in [3.05, 3.63) is 34.9 Å². The Bertz CT molecular complexity index is 404. The summed E-state index contributed by atoms with van der Waals surface area (Å²) in [6.07, 6.45) is 1.44. The van der Waals surface area contributed by atoms with Crippen molar-refractivity contribution < 1.29 is 9.59 Å². The molecule has 14 heavy (non-hydrogen) atoms. The van der Waals surface area contributed by atoms with Crippen molar-refractivity contribution in [3.63, 3.8) is 0 Å². The van der Waals surface area contributed by atoms with Crippen molar-refractivity contribution in [1.82, 2.24) is 0 Å². The minimum atomic E-state index is -0.317. The molecule has 0 spiro atoms. The summed E-state index contributed by atoms with van der Waals surface area (Å²) < 4.78 is 0. The molecule has 0 N–H and O–H groups in total. The van der Waals surface area contributed by atoms with Gasteiger partial charge in [0.15, 0.2) is 0 Å². The molecule has 70 valence electrons. The van der Waals surface area contributed by atoms with Gasteiger partial charge in [-0.2, -0.15) is 5.26 Å². The second-order valence-corrected chi connectivity index (χ2v) is 3.00. The van der Waals surface area contributed by atoms with Gasteiger partial charge in [0.2, 0.25) is 0 Å². The van der Waals surface area contributed by atoms with E-state index in [0.717, 1.165) is 6.29 Å². The number of aldehydes is 2. The van der Waals surface area contributed by atoms with Crippen LogP contribution in [0.2, 0.25) is 0 Å². The number of rotatable bonds is 3. The summed E-state index contributed by atoms with van der Waals surface area (Å²) in [6, 6.07) is 6.67. The molecule has 0 saturated carbocycles. The average Bonchev–Trinajstić information content (AvgIpc) is 2.27. The standard InChI is InChI=1S/C11H9NO2/c1-8(6-13)11-3-2-9(5-12)4-10(11)7-14/h2-4,6-8H,1H3. The van der Waals surface area contributed by atoms with Gasteiger partial charge in [0.05, 0.1) is 11.6 Å². The van der Waals surface area contributed by atoms with E-state index in [1.165, 1.54) is 6.07 Å². The van der Waals surface area contributed by atoms with Crippen LogP contribution in [-0.4, -0.2) is 12.6 Å². The van der Waals surface area contributed by atoms with Crippen molar-refractivity contribution in [2.45, 2.75) is 12.8 Å². The summed E-state index contributed by atoms with van der Waals surface area (Å²) in [5.41, 5.74) is 1.49. The van der Waals surface area contributed by atoms with Gasteiger partial charge in [0.1, 0.15) is 12.6 Å². The molecule has 0 amide bonds. The first-order valence-electron chi connectivity index (χ1n) is 4.17. The summed E-state index contributed by atoms with van der Waals surface area (Å²) in [4.78, 5) is 21.2. The van der Waals surface area contributed by atoms with E-state index in [0.29, 0.717) is 23.0 Å². The zero-order valence-electron chi connectivity index (χ0n) is 7.73. The molecule has 1 aromatic rings. The molecule has 1 aromatic carbocycles. The fourth-order valence-corrected chi connectivity index (χ4v) is 1.23. The molecule has 0 aliphatic carbocycles. The van der Waals surface area contributed by atoms with Crippen LogP contribution in [0.3, 0.4) is 0 Å². The van der Waals surface area contributed by atoms with Crippen molar-refractivity contribution in [2.75, 3.05) is 0 Å². The van der Waals surface area contributed by atoms with Gasteiger partial charge < -0.3 is 4.79 Å². The molecule has 1 rings (SSSR count). The van der Waals surface area contributed by atoms with E-state index in [4.69, 9.17) is 5.26 Å². The zero-order chi connectivity index (χ0) is 10.6. The summed E-state index contributed by atoms with van der Waals surface area (Å²) in [5.74, 6) is -0.317. The molecule has 1 atom stereocenters. The molecule has 0 saturated heterocycles. The maximum absolute atomic E-state index is 10.7. The van der Waals surface area contributed by atoms with Gasteiger partial charge in [-0.25, -0.2) is 0 Å². The lowest BCUT2D eigenvalue weighted by molar-refractivity contribution is -0.108. The van der Waals surface area contributed by atoms with Gasteiger partial charge in [0, 0.05) is 11.5 Å². The number of carbonyl (C=O) groups is 2. The zero-order valence-corrected chi connectivity index (χ0v) is 7.73. The quantitative estimate of drug-likeness (QED) is 0.676. The Hall–Kier alpha value is -1.95. The molecule has 1 unspecified atom stereocenters. The Balaban J connectivity index is 3.25. The third kappa shape index (κ3) is 1.86. The van der Waals surface area contributed by atoms with Crippen molar-refractivity contribution in [3.8, 4) is 6.07 Å². The van der Waals surface area contributed by atoms with E-state index in [9.17, 15) is 9.59 Å². The van der Waals surface area contributed by atoms with Gasteiger partial charge in [-0.05, 0) is 17.7 Å². The lowest BCUT2D eigenvalue weighted by Gasteiger charge is -2.06. The number of hydrogen-bond acceptors (Lipinski definition) is 3. The second-order valence-electron chi connectivity index (χ2n) is 3.00. The molecule has 0 aliphatic rings. The summed E-state index contributed by atoms with van der Waals surface area (Å²) >= 11 is 0. The number of benzene rings is 1. The lowest BCUT2D eigenvalue weighted by atomic mass is 9.96. The van der Waals surface area contributed by atoms with Crippen LogP contribution in [0.15, 0.2) is 18.2 Å². The Morgan fingerprint density at radius 3 is 2.64 bits per heavy atom. The summed E-state index contributed by atoms with van der Waals surface area (Å²) in [7, 11) is 0. The maximum Gasteiger partial charge on any atom is 0.150 e. The van der Waals surface area contributed by atoms with Crippen molar-refractivity contribution in [2.24, 2.45) is 0 Å². The van der Waals surface area contributed by atoms with Crippen LogP contribution in [0.4, 0.5) is 0 Å². The molecule has 0 aliphatic heterocycles. The molecule has 0 heterocycles. The average molecular weight is 187 g/mol. The maximum atomic E-state index is 10.7. The first-order valence-corrected chi connectivity index (χ1v) is 4.17. The van der Waals surface area contributed by atoms with E-state index in [1.54, 1.807) is 19.1 Å². The Kier molecular flexibility index (Phi) is 3.14. The Morgan fingerprint density at radius 1 is 1.43 bits per heavy atom. The van der Waals surface area contributed by atoms with Gasteiger partial charge >= 0.3 is 0 Å². The summed E-state index contributed by atoms with van der Waals surface area (Å²) in [6.45, 7) is 1.71. The van der Waals surface area contributed by atoms with Crippen LogP contribution in [0.1, 0.15) is 34.3 Å². The largest absolute Gasteiger partial charge is 0.303 e. The highest BCUT2D eigenvalue weighted by Gasteiger charge is 2.09. The monoisotopic (exact) mass is 187 g/mol. The Labute approximate surface area is 82.0 Å². The normalized spacial score (nSPS) is 11.4. The third-order valence-corrected chi connectivity index (χ3v) is 2.04. The highest BCUT2D eigenvalue weighted by atomic mass is 16.1. The van der Waals surface area contributed by atoms with Crippen molar-refractivity contribution >= 4 is 12.6 Å². The fraction of sp³-hybridized carbons (Fsp3) is 0.182. The molecule has 0 fully saturated rings. The molecular weight excluding hydrogens is 178 g/mol. The van der Waals surface area contributed by atoms with Crippen LogP contribution in [0.25, 0.3) is 0 Å². The van der Waals surface area contributed by atoms with Crippen molar-refractivity contribution in [1.29, 1.82) is 5.26 Å². The Morgan fingerprint density at radius 2 is 2.14 bits per heavy atom. The molecule has 3 nitrogen and oxygen atoms in total.